The summed E-state index contributed by atoms with van der Waals surface area (Å²) in [6, 6.07) is 19.1. The number of halogens is 3. The summed E-state index contributed by atoms with van der Waals surface area (Å²) < 4.78 is 13.3. The van der Waals surface area contributed by atoms with Crippen molar-refractivity contribution in [3.63, 3.8) is 0 Å². The molecule has 3 nitrogen and oxygen atoms in total. The number of aryl methyl sites for hydroxylation is 1. The second-order valence-electron chi connectivity index (χ2n) is 6.01. The first-order valence-electron chi connectivity index (χ1n) is 8.26. The van der Waals surface area contributed by atoms with E-state index in [0.29, 0.717) is 16.4 Å². The van der Waals surface area contributed by atoms with Gasteiger partial charge in [0.05, 0.1) is 16.4 Å². The summed E-state index contributed by atoms with van der Waals surface area (Å²) in [6.45, 7) is 0.961. The molecule has 0 unspecified atom stereocenters. The number of benzene rings is 3. The Kier molecular flexibility index (Phi) is 6.14. The molecule has 0 saturated heterocycles. The van der Waals surface area contributed by atoms with Crippen molar-refractivity contribution in [1.82, 2.24) is 0 Å². The second-order valence-corrected chi connectivity index (χ2v) is 7.33. The van der Waals surface area contributed by atoms with Crippen LogP contribution in [0.5, 0.6) is 0 Å². The maximum atomic E-state index is 12.6. The lowest BCUT2D eigenvalue weighted by molar-refractivity contribution is -0.117. The Morgan fingerprint density at radius 1 is 1.04 bits per heavy atom. The van der Waals surface area contributed by atoms with E-state index in [2.05, 4.69) is 26.6 Å². The van der Waals surface area contributed by atoms with Gasteiger partial charge in [-0.05, 0) is 48.4 Å². The van der Waals surface area contributed by atoms with Crippen LogP contribution in [0.2, 0.25) is 5.02 Å². The third-order valence-corrected chi connectivity index (χ3v) is 4.87. The van der Waals surface area contributed by atoms with E-state index < -0.39 is 12.6 Å². The summed E-state index contributed by atoms with van der Waals surface area (Å²) in [7, 11) is 0. The van der Waals surface area contributed by atoms with Crippen LogP contribution in [0.3, 0.4) is 0 Å². The van der Waals surface area contributed by atoms with Gasteiger partial charge in [-0.1, -0.05) is 57.9 Å². The van der Waals surface area contributed by atoms with Gasteiger partial charge in [-0.25, -0.2) is 4.39 Å². The molecule has 0 heterocycles. The molecule has 3 aromatic carbocycles. The average Bonchev–Trinajstić information content (AvgIpc) is 2.65. The Morgan fingerprint density at radius 3 is 2.52 bits per heavy atom. The van der Waals surface area contributed by atoms with Gasteiger partial charge in [-0.2, -0.15) is 0 Å². The zero-order valence-corrected chi connectivity index (χ0v) is 16.9. The number of alkyl halides is 1. The molecule has 6 heteroatoms. The van der Waals surface area contributed by atoms with E-state index in [1.54, 1.807) is 12.1 Å². The second kappa shape index (κ2) is 8.55. The first kappa shape index (κ1) is 19.4. The Hall–Kier alpha value is -2.37. The van der Waals surface area contributed by atoms with Gasteiger partial charge in [0.25, 0.3) is 5.91 Å². The average molecular weight is 448 g/mol. The van der Waals surface area contributed by atoms with Gasteiger partial charge in [-0.3, -0.25) is 4.79 Å². The van der Waals surface area contributed by atoms with E-state index >= 15 is 0 Å². The minimum absolute atomic E-state index is 0.478. The molecule has 0 aliphatic carbocycles. The van der Waals surface area contributed by atoms with Crippen LogP contribution >= 0.6 is 27.5 Å². The summed E-state index contributed by atoms with van der Waals surface area (Å²) in [5.41, 5.74) is 5.04. The Labute approximate surface area is 170 Å². The Morgan fingerprint density at radius 2 is 1.81 bits per heavy atom. The number of carbonyl (C=O) groups excluding carboxylic acids is 1. The summed E-state index contributed by atoms with van der Waals surface area (Å²) in [5, 5.41) is 6.37. The number of hydrogen-bond donors (Lipinski definition) is 2. The van der Waals surface area contributed by atoms with E-state index in [0.717, 1.165) is 26.9 Å². The predicted molar refractivity (Wildman–Crippen MR) is 114 cm³/mol. The molecular formula is C21H17BrClFN2O. The van der Waals surface area contributed by atoms with Crippen LogP contribution in [0, 0.1) is 6.92 Å². The van der Waals surface area contributed by atoms with Crippen LogP contribution in [-0.2, 0) is 4.79 Å². The van der Waals surface area contributed by atoms with Crippen LogP contribution < -0.4 is 10.6 Å². The number of hydrogen-bond acceptors (Lipinski definition) is 2. The number of amides is 1. The van der Waals surface area contributed by atoms with Crippen molar-refractivity contribution in [2.24, 2.45) is 0 Å². The van der Waals surface area contributed by atoms with Crippen molar-refractivity contribution in [3.8, 4) is 11.1 Å². The van der Waals surface area contributed by atoms with Gasteiger partial charge in [0.15, 0.2) is 6.67 Å². The fourth-order valence-corrected chi connectivity index (χ4v) is 3.40. The molecule has 0 aliphatic rings. The van der Waals surface area contributed by atoms with E-state index in [1.807, 2.05) is 55.5 Å². The van der Waals surface area contributed by atoms with Gasteiger partial charge in [0.1, 0.15) is 0 Å². The minimum Gasteiger partial charge on any atom is -0.354 e. The molecule has 0 atom stereocenters. The predicted octanol–water partition coefficient (Wildman–Crippen LogP) is 6.73. The zero-order chi connectivity index (χ0) is 19.4. The molecule has 3 rings (SSSR count). The maximum absolute atomic E-state index is 12.6. The highest BCUT2D eigenvalue weighted by atomic mass is 79.9. The summed E-state index contributed by atoms with van der Waals surface area (Å²) >= 11 is 9.86. The molecule has 1 amide bonds. The van der Waals surface area contributed by atoms with Gasteiger partial charge in [0, 0.05) is 15.7 Å². The first-order valence-corrected chi connectivity index (χ1v) is 9.43. The molecule has 2 N–H and O–H groups in total. The van der Waals surface area contributed by atoms with Gasteiger partial charge < -0.3 is 10.6 Å². The third-order valence-electron chi connectivity index (χ3n) is 4.06. The first-order chi connectivity index (χ1) is 13.0. The largest absolute Gasteiger partial charge is 0.354 e. The van der Waals surface area contributed by atoms with Crippen molar-refractivity contribution in [2.45, 2.75) is 6.92 Å². The molecule has 0 spiro atoms. The van der Waals surface area contributed by atoms with E-state index in [9.17, 15) is 9.18 Å². The Bertz CT molecular complexity index is 994. The van der Waals surface area contributed by atoms with Crippen molar-refractivity contribution in [1.29, 1.82) is 0 Å². The van der Waals surface area contributed by atoms with Crippen molar-refractivity contribution in [2.75, 3.05) is 17.3 Å². The number of nitrogens with one attached hydrogen (secondary N) is 2. The highest BCUT2D eigenvalue weighted by molar-refractivity contribution is 9.10. The SMILES string of the molecule is Cc1ccccc1-c1ccc(Nc2ccc(Br)cc2NC(=O)CF)cc1Cl. The fourth-order valence-electron chi connectivity index (χ4n) is 2.75. The third kappa shape index (κ3) is 4.67. The quantitative estimate of drug-likeness (QED) is 0.455. The molecule has 3 aromatic rings. The maximum Gasteiger partial charge on any atom is 0.255 e. The molecule has 27 heavy (non-hydrogen) atoms. The molecule has 0 aliphatic heterocycles. The highest BCUT2D eigenvalue weighted by Crippen LogP contribution is 2.34. The minimum atomic E-state index is -1.08. The summed E-state index contributed by atoms with van der Waals surface area (Å²) in [6.07, 6.45) is 0. The van der Waals surface area contributed by atoms with Crippen LogP contribution in [0.15, 0.2) is 65.1 Å². The number of rotatable bonds is 5. The summed E-state index contributed by atoms with van der Waals surface area (Å²) in [5.74, 6) is -0.705. The van der Waals surface area contributed by atoms with Crippen molar-refractivity contribution >= 4 is 50.5 Å². The number of carbonyl (C=O) groups is 1. The molecule has 0 saturated carbocycles. The lowest BCUT2D eigenvalue weighted by Gasteiger charge is -2.15. The lowest BCUT2D eigenvalue weighted by Crippen LogP contribution is -2.14. The topological polar surface area (TPSA) is 41.1 Å². The molecule has 0 aromatic heterocycles. The van der Waals surface area contributed by atoms with Crippen molar-refractivity contribution in [3.05, 3.63) is 75.7 Å². The van der Waals surface area contributed by atoms with E-state index in [-0.39, 0.29) is 0 Å². The summed E-state index contributed by atoms with van der Waals surface area (Å²) in [4.78, 5) is 11.4. The normalized spacial score (nSPS) is 10.5. The molecular weight excluding hydrogens is 431 g/mol. The van der Waals surface area contributed by atoms with E-state index in [1.165, 1.54) is 0 Å². The molecule has 0 bridgehead atoms. The van der Waals surface area contributed by atoms with E-state index in [4.69, 9.17) is 11.6 Å². The standard InChI is InChI=1S/C21H17BrClFN2O/c1-13-4-2-3-5-16(13)17-8-7-15(11-18(17)23)25-19-9-6-14(22)10-20(19)26-21(27)12-24/h2-11,25H,12H2,1H3,(H,26,27). The molecule has 138 valence electrons. The highest BCUT2D eigenvalue weighted by Gasteiger charge is 2.10. The van der Waals surface area contributed by atoms with Crippen molar-refractivity contribution < 1.29 is 9.18 Å². The zero-order valence-electron chi connectivity index (χ0n) is 14.5. The van der Waals surface area contributed by atoms with Gasteiger partial charge in [-0.15, -0.1) is 0 Å². The smallest absolute Gasteiger partial charge is 0.255 e. The van der Waals surface area contributed by atoms with Crippen LogP contribution in [0.4, 0.5) is 21.5 Å². The van der Waals surface area contributed by atoms with Gasteiger partial charge in [0.2, 0.25) is 0 Å². The van der Waals surface area contributed by atoms with Crippen LogP contribution in [0.25, 0.3) is 11.1 Å². The van der Waals surface area contributed by atoms with Gasteiger partial charge >= 0.3 is 0 Å². The molecule has 0 fully saturated rings. The molecule has 0 radical (unpaired) electrons. The van der Waals surface area contributed by atoms with Crippen LogP contribution in [-0.4, -0.2) is 12.6 Å². The fraction of sp³-hybridized carbons (Fsp3) is 0.0952. The number of anilines is 3. The Balaban J connectivity index is 1.90. The van der Waals surface area contributed by atoms with Crippen LogP contribution in [0.1, 0.15) is 5.56 Å². The lowest BCUT2D eigenvalue weighted by atomic mass is 10.0. The monoisotopic (exact) mass is 446 g/mol.